The average Bonchev–Trinajstić information content (AvgIpc) is 3.09. The highest BCUT2D eigenvalue weighted by Gasteiger charge is 2.20. The van der Waals surface area contributed by atoms with Gasteiger partial charge in [0.05, 0.1) is 6.04 Å². The van der Waals surface area contributed by atoms with Gasteiger partial charge in [-0.2, -0.15) is 0 Å². The first kappa shape index (κ1) is 13.1. The third-order valence-corrected chi connectivity index (χ3v) is 5.64. The third-order valence-electron chi connectivity index (χ3n) is 4.32. The molecular weight excluding hydrogens is 278 g/mol. The summed E-state index contributed by atoms with van der Waals surface area (Å²) < 4.78 is 5.95. The maximum Gasteiger partial charge on any atom is 0.134 e. The molecule has 1 aliphatic rings. The molecule has 108 valence electrons. The van der Waals surface area contributed by atoms with Crippen molar-refractivity contribution < 1.29 is 4.42 Å². The van der Waals surface area contributed by atoms with Crippen molar-refractivity contribution >= 4 is 22.3 Å². The molecule has 3 heteroatoms. The SMILES string of the molecule is Cc1ccc2oc(C(N)c3cc4c(s3)CCCC4)cc2c1. The normalized spacial score (nSPS) is 16.1. The highest BCUT2D eigenvalue weighted by Crippen LogP contribution is 2.35. The third kappa shape index (κ3) is 2.30. The van der Waals surface area contributed by atoms with Gasteiger partial charge in [-0.15, -0.1) is 11.3 Å². The number of benzene rings is 1. The molecule has 0 bridgehead atoms. The van der Waals surface area contributed by atoms with Crippen LogP contribution in [-0.2, 0) is 12.8 Å². The molecule has 4 rings (SSSR count). The Balaban J connectivity index is 1.71. The van der Waals surface area contributed by atoms with Gasteiger partial charge < -0.3 is 10.2 Å². The summed E-state index contributed by atoms with van der Waals surface area (Å²) >= 11 is 1.87. The molecule has 2 N–H and O–H groups in total. The first-order valence-electron chi connectivity index (χ1n) is 7.58. The van der Waals surface area contributed by atoms with Gasteiger partial charge in [0.15, 0.2) is 0 Å². The van der Waals surface area contributed by atoms with Crippen LogP contribution >= 0.6 is 11.3 Å². The number of hydrogen-bond donors (Lipinski definition) is 1. The van der Waals surface area contributed by atoms with Crippen LogP contribution in [0.4, 0.5) is 0 Å². The van der Waals surface area contributed by atoms with Gasteiger partial charge in [-0.05, 0) is 62.4 Å². The predicted octanol–water partition coefficient (Wildman–Crippen LogP) is 4.73. The molecule has 0 fully saturated rings. The van der Waals surface area contributed by atoms with E-state index in [9.17, 15) is 0 Å². The molecule has 0 saturated heterocycles. The quantitative estimate of drug-likeness (QED) is 0.742. The maximum absolute atomic E-state index is 6.45. The van der Waals surface area contributed by atoms with Crippen LogP contribution in [0.1, 0.15) is 45.5 Å². The fraction of sp³-hybridized carbons (Fsp3) is 0.333. The molecule has 1 aliphatic carbocycles. The van der Waals surface area contributed by atoms with E-state index < -0.39 is 0 Å². The van der Waals surface area contributed by atoms with Crippen LogP contribution in [0.3, 0.4) is 0 Å². The topological polar surface area (TPSA) is 39.2 Å². The summed E-state index contributed by atoms with van der Waals surface area (Å²) in [5.41, 5.74) is 10.1. The standard InChI is InChI=1S/C18H19NOS/c1-11-6-7-14-13(8-11)9-15(20-14)18(19)17-10-12-4-2-3-5-16(12)21-17/h6-10,18H,2-5,19H2,1H3. The summed E-state index contributed by atoms with van der Waals surface area (Å²) in [6, 6.07) is 10.5. The number of aryl methyl sites for hydroxylation is 3. The van der Waals surface area contributed by atoms with Crippen molar-refractivity contribution in [1.29, 1.82) is 0 Å². The summed E-state index contributed by atoms with van der Waals surface area (Å²) in [5.74, 6) is 0.870. The minimum absolute atomic E-state index is 0.145. The van der Waals surface area contributed by atoms with Crippen molar-refractivity contribution in [3.8, 4) is 0 Å². The number of rotatable bonds is 2. The molecular formula is C18H19NOS. The average molecular weight is 297 g/mol. The van der Waals surface area contributed by atoms with Crippen LogP contribution in [0, 0.1) is 6.92 Å². The lowest BCUT2D eigenvalue weighted by Gasteiger charge is -2.08. The number of thiophene rings is 1. The van der Waals surface area contributed by atoms with Crippen LogP contribution in [0.25, 0.3) is 11.0 Å². The lowest BCUT2D eigenvalue weighted by Crippen LogP contribution is -2.08. The van der Waals surface area contributed by atoms with Crippen LogP contribution in [0.5, 0.6) is 0 Å². The molecule has 0 radical (unpaired) electrons. The van der Waals surface area contributed by atoms with Crippen molar-refractivity contribution in [2.45, 2.75) is 38.6 Å². The molecule has 1 aromatic carbocycles. The minimum Gasteiger partial charge on any atom is -0.459 e. The minimum atomic E-state index is -0.145. The monoisotopic (exact) mass is 297 g/mol. The van der Waals surface area contributed by atoms with Gasteiger partial charge in [-0.1, -0.05) is 11.6 Å². The second-order valence-corrected chi connectivity index (χ2v) is 7.14. The zero-order valence-electron chi connectivity index (χ0n) is 12.2. The van der Waals surface area contributed by atoms with Crippen molar-refractivity contribution in [1.82, 2.24) is 0 Å². The molecule has 0 amide bonds. The van der Waals surface area contributed by atoms with Crippen LogP contribution < -0.4 is 5.73 Å². The second kappa shape index (κ2) is 5.00. The largest absolute Gasteiger partial charge is 0.459 e. The number of hydrogen-bond acceptors (Lipinski definition) is 3. The predicted molar refractivity (Wildman–Crippen MR) is 87.9 cm³/mol. The Kier molecular flexibility index (Phi) is 3.12. The van der Waals surface area contributed by atoms with E-state index in [2.05, 4.69) is 31.2 Å². The van der Waals surface area contributed by atoms with Crippen molar-refractivity contribution in [3.05, 3.63) is 57.0 Å². The summed E-state index contributed by atoms with van der Waals surface area (Å²) in [6.07, 6.45) is 5.04. The summed E-state index contributed by atoms with van der Waals surface area (Å²) in [4.78, 5) is 2.76. The van der Waals surface area contributed by atoms with Gasteiger partial charge in [0.2, 0.25) is 0 Å². The first-order valence-corrected chi connectivity index (χ1v) is 8.39. The number of furan rings is 1. The summed E-state index contributed by atoms with van der Waals surface area (Å²) in [7, 11) is 0. The molecule has 0 spiro atoms. The lowest BCUT2D eigenvalue weighted by atomic mass is 9.98. The van der Waals surface area contributed by atoms with E-state index in [0.29, 0.717) is 0 Å². The Morgan fingerprint density at radius 1 is 1.14 bits per heavy atom. The molecule has 21 heavy (non-hydrogen) atoms. The molecule has 3 aromatic rings. The van der Waals surface area contributed by atoms with Gasteiger partial charge in [-0.3, -0.25) is 0 Å². The van der Waals surface area contributed by atoms with Crippen LogP contribution in [0.15, 0.2) is 34.7 Å². The molecule has 0 saturated carbocycles. The van der Waals surface area contributed by atoms with Crippen molar-refractivity contribution in [2.75, 3.05) is 0 Å². The highest BCUT2D eigenvalue weighted by atomic mass is 32.1. The molecule has 1 atom stereocenters. The van der Waals surface area contributed by atoms with Gasteiger partial charge in [0, 0.05) is 15.1 Å². The number of nitrogens with two attached hydrogens (primary N) is 1. The van der Waals surface area contributed by atoms with E-state index in [-0.39, 0.29) is 6.04 Å². The zero-order chi connectivity index (χ0) is 14.4. The van der Waals surface area contributed by atoms with E-state index in [0.717, 1.165) is 16.7 Å². The fourth-order valence-corrected chi connectivity index (χ4v) is 4.41. The van der Waals surface area contributed by atoms with Gasteiger partial charge >= 0.3 is 0 Å². The summed E-state index contributed by atoms with van der Waals surface area (Å²) in [6.45, 7) is 2.10. The zero-order valence-corrected chi connectivity index (χ0v) is 13.0. The van der Waals surface area contributed by atoms with E-state index >= 15 is 0 Å². The Morgan fingerprint density at radius 3 is 2.86 bits per heavy atom. The lowest BCUT2D eigenvalue weighted by molar-refractivity contribution is 0.527. The smallest absolute Gasteiger partial charge is 0.134 e. The number of fused-ring (bicyclic) bond motifs is 2. The summed E-state index contributed by atoms with van der Waals surface area (Å²) in [5, 5.41) is 1.14. The molecule has 2 aromatic heterocycles. The maximum atomic E-state index is 6.45. The molecule has 0 aliphatic heterocycles. The Hall–Kier alpha value is -1.58. The Morgan fingerprint density at radius 2 is 2.00 bits per heavy atom. The van der Waals surface area contributed by atoms with E-state index in [4.69, 9.17) is 10.2 Å². The van der Waals surface area contributed by atoms with E-state index in [1.807, 2.05) is 17.4 Å². The van der Waals surface area contributed by atoms with E-state index in [1.165, 1.54) is 46.6 Å². The highest BCUT2D eigenvalue weighted by molar-refractivity contribution is 7.12. The molecule has 2 heterocycles. The Bertz CT molecular complexity index is 775. The first-order chi connectivity index (χ1) is 10.2. The van der Waals surface area contributed by atoms with Crippen LogP contribution in [0.2, 0.25) is 0 Å². The fourth-order valence-electron chi connectivity index (χ4n) is 3.14. The van der Waals surface area contributed by atoms with E-state index in [1.54, 1.807) is 0 Å². The Labute approximate surface area is 128 Å². The van der Waals surface area contributed by atoms with Gasteiger partial charge in [0.1, 0.15) is 11.3 Å². The molecule has 1 unspecified atom stereocenters. The second-order valence-electron chi connectivity index (χ2n) is 5.97. The van der Waals surface area contributed by atoms with Crippen molar-refractivity contribution in [2.24, 2.45) is 5.73 Å². The van der Waals surface area contributed by atoms with Crippen molar-refractivity contribution in [3.63, 3.8) is 0 Å². The van der Waals surface area contributed by atoms with Crippen LogP contribution in [-0.4, -0.2) is 0 Å². The van der Waals surface area contributed by atoms with Gasteiger partial charge in [-0.25, -0.2) is 0 Å². The van der Waals surface area contributed by atoms with Gasteiger partial charge in [0.25, 0.3) is 0 Å². The molecule has 2 nitrogen and oxygen atoms in total.